The normalized spacial score (nSPS) is 18.6. The molecule has 2 aliphatic heterocycles. The lowest BCUT2D eigenvalue weighted by atomic mass is 10.1. The fourth-order valence-corrected chi connectivity index (χ4v) is 3.97. The van der Waals surface area contributed by atoms with Crippen molar-refractivity contribution >= 4 is 44.4 Å². The smallest absolute Gasteiger partial charge is 0.271 e. The zero-order chi connectivity index (χ0) is 13.9. The molecule has 1 N–H and O–H groups in total. The van der Waals surface area contributed by atoms with Gasteiger partial charge in [-0.1, -0.05) is 27.3 Å². The van der Waals surface area contributed by atoms with E-state index in [-0.39, 0.29) is 11.5 Å². The summed E-state index contributed by atoms with van der Waals surface area (Å²) in [4.78, 5) is 29.6. The van der Waals surface area contributed by atoms with E-state index in [1.165, 1.54) is 11.3 Å². The van der Waals surface area contributed by atoms with Crippen LogP contribution in [0.15, 0.2) is 32.5 Å². The molecule has 0 spiro atoms. The number of anilines is 1. The predicted octanol–water partition coefficient (Wildman–Crippen LogP) is 0.457. The van der Waals surface area contributed by atoms with Crippen LogP contribution in [0, 0.1) is 0 Å². The number of thiazole rings is 1. The van der Waals surface area contributed by atoms with Gasteiger partial charge >= 0.3 is 0 Å². The number of nitrogens with one attached hydrogen (secondary N) is 1. The van der Waals surface area contributed by atoms with Crippen LogP contribution in [-0.2, 0) is 11.3 Å². The van der Waals surface area contributed by atoms with Crippen molar-refractivity contribution in [2.24, 2.45) is 4.99 Å². The molecule has 0 aliphatic carbocycles. The molecule has 20 heavy (non-hydrogen) atoms. The predicted molar refractivity (Wildman–Crippen MR) is 79.5 cm³/mol. The molecular weight excluding hydrogens is 342 g/mol. The van der Waals surface area contributed by atoms with E-state index in [2.05, 4.69) is 26.2 Å². The van der Waals surface area contributed by atoms with Gasteiger partial charge in [0.2, 0.25) is 0 Å². The summed E-state index contributed by atoms with van der Waals surface area (Å²) in [6.07, 6.45) is 0. The number of nitrogens with zero attached hydrogens (tertiary/aromatic N) is 2. The fraction of sp³-hybridized carbons (Fsp3) is 0.154. The number of benzene rings is 1. The van der Waals surface area contributed by atoms with Crippen molar-refractivity contribution in [2.75, 3.05) is 11.9 Å². The second kappa shape index (κ2) is 4.13. The highest BCUT2D eigenvalue weighted by Gasteiger charge is 2.27. The number of carbonyl (C=O) groups excluding carboxylic acids is 1. The van der Waals surface area contributed by atoms with E-state index < -0.39 is 0 Å². The lowest BCUT2D eigenvalue weighted by molar-refractivity contribution is -0.110. The van der Waals surface area contributed by atoms with Crippen LogP contribution in [0.3, 0.4) is 0 Å². The molecule has 0 bridgehead atoms. The lowest BCUT2D eigenvalue weighted by Gasteiger charge is -1.97. The molecule has 0 unspecified atom stereocenters. The Hall–Kier alpha value is -1.73. The minimum Gasteiger partial charge on any atom is -0.321 e. The Labute approximate surface area is 125 Å². The van der Waals surface area contributed by atoms with Gasteiger partial charge in [-0.3, -0.25) is 19.1 Å². The lowest BCUT2D eigenvalue weighted by Crippen LogP contribution is -2.32. The zero-order valence-electron chi connectivity index (χ0n) is 10.1. The Balaban J connectivity index is 2.14. The number of amides is 1. The standard InChI is InChI=1S/C13H8BrN3O2S/c14-6-1-2-8-7(5-6)9(11(18)16-8)10-12(19)17-4-3-15-13(17)20-10/h1-2,5H,3-4H2,(H,16,18)/b10-9+. The number of aromatic nitrogens is 1. The Bertz CT molecular complexity index is 942. The highest BCUT2D eigenvalue weighted by molar-refractivity contribution is 9.10. The first-order chi connectivity index (χ1) is 9.65. The summed E-state index contributed by atoms with van der Waals surface area (Å²) in [5.74, 6) is -0.226. The van der Waals surface area contributed by atoms with Crippen LogP contribution in [0.25, 0.3) is 5.57 Å². The number of halogens is 1. The molecule has 0 saturated heterocycles. The molecule has 0 atom stereocenters. The van der Waals surface area contributed by atoms with Gasteiger partial charge < -0.3 is 5.32 Å². The summed E-state index contributed by atoms with van der Waals surface area (Å²) in [5.41, 5.74) is 1.84. The van der Waals surface area contributed by atoms with Crippen molar-refractivity contribution < 1.29 is 4.79 Å². The van der Waals surface area contributed by atoms with Crippen molar-refractivity contribution in [1.82, 2.24) is 4.57 Å². The highest BCUT2D eigenvalue weighted by Crippen LogP contribution is 2.32. The third-order valence-corrected chi connectivity index (χ3v) is 5.00. The van der Waals surface area contributed by atoms with Crippen LogP contribution in [0.2, 0.25) is 0 Å². The molecule has 2 aromatic rings. The van der Waals surface area contributed by atoms with Gasteiger partial charge in [-0.25, -0.2) is 0 Å². The summed E-state index contributed by atoms with van der Waals surface area (Å²) in [7, 11) is 0. The summed E-state index contributed by atoms with van der Waals surface area (Å²) < 4.78 is 2.98. The van der Waals surface area contributed by atoms with Crippen LogP contribution in [0.5, 0.6) is 0 Å². The van der Waals surface area contributed by atoms with E-state index in [4.69, 9.17) is 0 Å². The molecule has 0 saturated carbocycles. The van der Waals surface area contributed by atoms with E-state index >= 15 is 0 Å². The Morgan fingerprint density at radius 1 is 1.35 bits per heavy atom. The first-order valence-electron chi connectivity index (χ1n) is 6.05. The maximum absolute atomic E-state index is 12.4. The van der Waals surface area contributed by atoms with Crippen LogP contribution >= 0.6 is 27.3 Å². The Morgan fingerprint density at radius 2 is 2.20 bits per heavy atom. The van der Waals surface area contributed by atoms with Gasteiger partial charge in [0, 0.05) is 22.3 Å². The van der Waals surface area contributed by atoms with E-state index in [1.807, 2.05) is 18.2 Å². The topological polar surface area (TPSA) is 63.5 Å². The number of fused-ring (bicyclic) bond motifs is 2. The summed E-state index contributed by atoms with van der Waals surface area (Å²) >= 11 is 4.69. The molecular formula is C13H8BrN3O2S. The van der Waals surface area contributed by atoms with Crippen molar-refractivity contribution in [3.63, 3.8) is 0 Å². The average Bonchev–Trinajstić information content (AvgIpc) is 3.05. The van der Waals surface area contributed by atoms with Gasteiger partial charge in [0.15, 0.2) is 4.80 Å². The van der Waals surface area contributed by atoms with Gasteiger partial charge in [-0.15, -0.1) is 0 Å². The second-order valence-corrected chi connectivity index (χ2v) is 6.46. The quantitative estimate of drug-likeness (QED) is 0.750. The van der Waals surface area contributed by atoms with Gasteiger partial charge in [0.05, 0.1) is 12.1 Å². The fourth-order valence-electron chi connectivity index (χ4n) is 2.48. The third-order valence-electron chi connectivity index (χ3n) is 3.39. The minimum absolute atomic E-state index is 0.121. The molecule has 1 aromatic heterocycles. The SMILES string of the molecule is O=C1Nc2ccc(Br)cc2/C1=c1\sc2n(c1=O)CCN=2. The first-order valence-corrected chi connectivity index (χ1v) is 7.66. The molecule has 3 heterocycles. The molecule has 7 heteroatoms. The van der Waals surface area contributed by atoms with Crippen LogP contribution in [0.1, 0.15) is 5.56 Å². The summed E-state index contributed by atoms with van der Waals surface area (Å²) in [6, 6.07) is 5.54. The molecule has 2 aliphatic rings. The van der Waals surface area contributed by atoms with E-state index in [1.54, 1.807) is 4.57 Å². The Morgan fingerprint density at radius 3 is 3.00 bits per heavy atom. The highest BCUT2D eigenvalue weighted by atomic mass is 79.9. The molecule has 1 aromatic carbocycles. The Kier molecular flexibility index (Phi) is 2.49. The molecule has 0 fully saturated rings. The largest absolute Gasteiger partial charge is 0.321 e. The summed E-state index contributed by atoms with van der Waals surface area (Å²) in [5, 5.41) is 2.80. The number of hydrogen-bond donors (Lipinski definition) is 1. The maximum Gasteiger partial charge on any atom is 0.271 e. The van der Waals surface area contributed by atoms with E-state index in [9.17, 15) is 9.59 Å². The van der Waals surface area contributed by atoms with Crippen molar-refractivity contribution in [2.45, 2.75) is 6.54 Å². The maximum atomic E-state index is 12.4. The molecule has 5 nitrogen and oxygen atoms in total. The van der Waals surface area contributed by atoms with Crippen LogP contribution in [0.4, 0.5) is 5.69 Å². The summed E-state index contributed by atoms with van der Waals surface area (Å²) in [6.45, 7) is 1.25. The monoisotopic (exact) mass is 349 g/mol. The van der Waals surface area contributed by atoms with E-state index in [0.717, 1.165) is 15.7 Å². The third kappa shape index (κ3) is 1.56. The zero-order valence-corrected chi connectivity index (χ0v) is 12.5. The molecule has 4 rings (SSSR count). The van der Waals surface area contributed by atoms with Crippen molar-refractivity contribution in [3.8, 4) is 0 Å². The minimum atomic E-state index is -0.226. The second-order valence-electron chi connectivity index (χ2n) is 4.57. The van der Waals surface area contributed by atoms with Crippen molar-refractivity contribution in [1.29, 1.82) is 0 Å². The molecule has 1 amide bonds. The van der Waals surface area contributed by atoms with E-state index in [0.29, 0.717) is 28.0 Å². The van der Waals surface area contributed by atoms with Crippen LogP contribution < -0.4 is 20.2 Å². The van der Waals surface area contributed by atoms with Gasteiger partial charge in [0.1, 0.15) is 4.53 Å². The van der Waals surface area contributed by atoms with Gasteiger partial charge in [-0.2, -0.15) is 0 Å². The average molecular weight is 350 g/mol. The first kappa shape index (κ1) is 12.0. The number of hydrogen-bond acceptors (Lipinski definition) is 4. The molecule has 0 radical (unpaired) electrons. The van der Waals surface area contributed by atoms with Gasteiger partial charge in [0.25, 0.3) is 11.5 Å². The number of rotatable bonds is 0. The molecule has 100 valence electrons. The van der Waals surface area contributed by atoms with Crippen molar-refractivity contribution in [3.05, 3.63) is 47.9 Å². The van der Waals surface area contributed by atoms with Crippen LogP contribution in [-0.4, -0.2) is 17.0 Å². The van der Waals surface area contributed by atoms with Gasteiger partial charge in [-0.05, 0) is 18.2 Å². The number of carbonyl (C=O) groups is 1.